The van der Waals surface area contributed by atoms with Crippen LogP contribution in [0.15, 0.2) is 18.5 Å². The van der Waals surface area contributed by atoms with Gasteiger partial charge in [0.25, 0.3) is 0 Å². The fraction of sp³-hybridized carbons (Fsp3) is 0.615. The van der Waals surface area contributed by atoms with Crippen LogP contribution in [0.2, 0.25) is 0 Å². The summed E-state index contributed by atoms with van der Waals surface area (Å²) < 4.78 is 5.75. The smallest absolute Gasteiger partial charge is 0.0873 e. The molecule has 1 heterocycles. The average Bonchev–Trinajstić information content (AvgIpc) is 2.25. The van der Waals surface area contributed by atoms with Gasteiger partial charge in [-0.2, -0.15) is 0 Å². The third kappa shape index (κ3) is 1.74. The molecule has 0 radical (unpaired) electrons. The second-order valence-corrected chi connectivity index (χ2v) is 4.58. The van der Waals surface area contributed by atoms with Crippen LogP contribution in [0, 0.1) is 6.92 Å². The maximum absolute atomic E-state index is 5.75. The molecule has 1 fully saturated rings. The minimum Gasteiger partial charge on any atom is -0.376 e. The molecule has 0 saturated heterocycles. The van der Waals surface area contributed by atoms with E-state index in [1.54, 1.807) is 0 Å². The molecule has 0 bridgehead atoms. The molecule has 3 heteroatoms. The molecule has 88 valence electrons. The molecule has 16 heavy (non-hydrogen) atoms. The Morgan fingerprint density at radius 1 is 1.50 bits per heavy atom. The number of ether oxygens (including phenoxy) is 1. The van der Waals surface area contributed by atoms with E-state index in [2.05, 4.69) is 23.3 Å². The number of hydrogen-bond donors (Lipinski definition) is 1. The molecule has 0 aromatic carbocycles. The van der Waals surface area contributed by atoms with Crippen LogP contribution < -0.4 is 5.32 Å². The fourth-order valence-electron chi connectivity index (χ4n) is 2.62. The van der Waals surface area contributed by atoms with Gasteiger partial charge in [-0.3, -0.25) is 4.98 Å². The van der Waals surface area contributed by atoms with Crippen molar-refractivity contribution in [3.05, 3.63) is 29.6 Å². The van der Waals surface area contributed by atoms with Gasteiger partial charge in [0.05, 0.1) is 11.6 Å². The summed E-state index contributed by atoms with van der Waals surface area (Å²) in [6.45, 7) is 2.13. The van der Waals surface area contributed by atoms with Gasteiger partial charge in [-0.1, -0.05) is 0 Å². The Labute approximate surface area is 97.2 Å². The topological polar surface area (TPSA) is 34.2 Å². The van der Waals surface area contributed by atoms with Gasteiger partial charge >= 0.3 is 0 Å². The molecule has 0 amide bonds. The number of pyridine rings is 1. The van der Waals surface area contributed by atoms with Crippen LogP contribution in [-0.4, -0.2) is 24.7 Å². The van der Waals surface area contributed by atoms with Crippen molar-refractivity contribution in [3.63, 3.8) is 0 Å². The lowest BCUT2D eigenvalue weighted by atomic mass is 9.72. The third-order valence-corrected chi connectivity index (χ3v) is 3.81. The summed E-state index contributed by atoms with van der Waals surface area (Å²) in [4.78, 5) is 4.23. The summed E-state index contributed by atoms with van der Waals surface area (Å²) in [6.07, 6.45) is 7.30. The molecule has 1 N–H and O–H groups in total. The van der Waals surface area contributed by atoms with Crippen LogP contribution in [-0.2, 0) is 4.74 Å². The fourth-order valence-corrected chi connectivity index (χ4v) is 2.62. The number of hydrogen-bond acceptors (Lipinski definition) is 3. The first-order valence-corrected chi connectivity index (χ1v) is 5.86. The van der Waals surface area contributed by atoms with Gasteiger partial charge in [0, 0.05) is 19.5 Å². The van der Waals surface area contributed by atoms with Gasteiger partial charge in [0.1, 0.15) is 0 Å². The lowest BCUT2D eigenvalue weighted by Crippen LogP contribution is -2.50. The highest BCUT2D eigenvalue weighted by molar-refractivity contribution is 5.28. The summed E-state index contributed by atoms with van der Waals surface area (Å²) in [5.74, 6) is 0. The number of aryl methyl sites for hydroxylation is 1. The lowest BCUT2D eigenvalue weighted by Gasteiger charge is -2.46. The molecule has 1 aliphatic carbocycles. The number of rotatable bonds is 4. The van der Waals surface area contributed by atoms with Gasteiger partial charge in [0.15, 0.2) is 0 Å². The number of aromatic nitrogens is 1. The first kappa shape index (κ1) is 11.6. The molecule has 1 aromatic heterocycles. The summed E-state index contributed by atoms with van der Waals surface area (Å²) in [5.41, 5.74) is 2.51. The predicted octanol–water partition coefficient (Wildman–Crippen LogP) is 2.22. The molecule has 3 nitrogen and oxygen atoms in total. The van der Waals surface area contributed by atoms with Crippen LogP contribution in [0.3, 0.4) is 0 Å². The predicted molar refractivity (Wildman–Crippen MR) is 64.4 cm³/mol. The quantitative estimate of drug-likeness (QED) is 0.845. The monoisotopic (exact) mass is 220 g/mol. The minimum absolute atomic E-state index is 0.0253. The Hall–Kier alpha value is -0.930. The standard InChI is InChI=1S/C13H20N2O/c1-10-5-8-15-9-11(10)12(14-2)13(16-3)6-4-7-13/h5,8-9,12,14H,4,6-7H2,1-3H3. The van der Waals surface area contributed by atoms with Crippen molar-refractivity contribution in [2.24, 2.45) is 0 Å². The first-order chi connectivity index (χ1) is 7.73. The third-order valence-electron chi connectivity index (χ3n) is 3.81. The highest BCUT2D eigenvalue weighted by Crippen LogP contribution is 2.45. The Morgan fingerprint density at radius 3 is 2.69 bits per heavy atom. The van der Waals surface area contributed by atoms with E-state index in [9.17, 15) is 0 Å². The highest BCUT2D eigenvalue weighted by atomic mass is 16.5. The highest BCUT2D eigenvalue weighted by Gasteiger charge is 2.45. The molecule has 1 saturated carbocycles. The van der Waals surface area contributed by atoms with Crippen molar-refractivity contribution in [2.45, 2.75) is 37.8 Å². The number of nitrogens with one attached hydrogen (secondary N) is 1. The number of likely N-dealkylation sites (N-methyl/N-ethyl adjacent to an activating group) is 1. The van der Waals surface area contributed by atoms with Crippen molar-refractivity contribution in [3.8, 4) is 0 Å². The van der Waals surface area contributed by atoms with E-state index in [4.69, 9.17) is 4.74 Å². The van der Waals surface area contributed by atoms with E-state index in [0.717, 1.165) is 12.8 Å². The average molecular weight is 220 g/mol. The summed E-state index contributed by atoms with van der Waals surface area (Å²) in [6, 6.07) is 2.31. The largest absolute Gasteiger partial charge is 0.376 e. The van der Waals surface area contributed by atoms with Crippen LogP contribution >= 0.6 is 0 Å². The van der Waals surface area contributed by atoms with E-state index < -0.39 is 0 Å². The van der Waals surface area contributed by atoms with Gasteiger partial charge in [-0.05, 0) is 50.4 Å². The Balaban J connectivity index is 2.32. The first-order valence-electron chi connectivity index (χ1n) is 5.86. The molecule has 2 rings (SSSR count). The van der Waals surface area contributed by atoms with Crippen LogP contribution in [0.25, 0.3) is 0 Å². The van der Waals surface area contributed by atoms with Crippen molar-refractivity contribution in [2.75, 3.05) is 14.2 Å². The van der Waals surface area contributed by atoms with Crippen LogP contribution in [0.1, 0.15) is 36.4 Å². The maximum Gasteiger partial charge on any atom is 0.0873 e. The van der Waals surface area contributed by atoms with E-state index >= 15 is 0 Å². The molecule has 1 unspecified atom stereocenters. The van der Waals surface area contributed by atoms with Gasteiger partial charge in [-0.25, -0.2) is 0 Å². The second-order valence-electron chi connectivity index (χ2n) is 4.58. The normalized spacial score (nSPS) is 20.2. The second kappa shape index (κ2) is 4.52. The molecule has 1 aliphatic rings. The van der Waals surface area contributed by atoms with E-state index in [1.807, 2.05) is 26.6 Å². The van der Waals surface area contributed by atoms with Gasteiger partial charge in [0.2, 0.25) is 0 Å². The van der Waals surface area contributed by atoms with Gasteiger partial charge < -0.3 is 10.1 Å². The SMILES string of the molecule is CNC(c1cnccc1C)C1(OC)CCC1. The van der Waals surface area contributed by atoms with Crippen LogP contribution in [0.4, 0.5) is 0 Å². The molecule has 0 spiro atoms. The zero-order valence-electron chi connectivity index (χ0n) is 10.3. The van der Waals surface area contributed by atoms with Crippen molar-refractivity contribution < 1.29 is 4.74 Å². The summed E-state index contributed by atoms with van der Waals surface area (Å²) in [7, 11) is 3.81. The van der Waals surface area contributed by atoms with Crippen molar-refractivity contribution in [1.82, 2.24) is 10.3 Å². The molecule has 0 aliphatic heterocycles. The van der Waals surface area contributed by atoms with Crippen LogP contribution in [0.5, 0.6) is 0 Å². The van der Waals surface area contributed by atoms with E-state index in [-0.39, 0.29) is 11.6 Å². The minimum atomic E-state index is -0.0253. The maximum atomic E-state index is 5.75. The molecular weight excluding hydrogens is 200 g/mol. The summed E-state index contributed by atoms with van der Waals surface area (Å²) >= 11 is 0. The Kier molecular flexibility index (Phi) is 3.26. The zero-order chi connectivity index (χ0) is 11.6. The molecule has 1 aromatic rings. The van der Waals surface area contributed by atoms with Gasteiger partial charge in [-0.15, -0.1) is 0 Å². The van der Waals surface area contributed by atoms with E-state index in [1.165, 1.54) is 17.5 Å². The summed E-state index contributed by atoms with van der Waals surface area (Å²) in [5, 5.41) is 3.39. The Morgan fingerprint density at radius 2 is 2.25 bits per heavy atom. The van der Waals surface area contributed by atoms with Crippen molar-refractivity contribution >= 4 is 0 Å². The Bertz CT molecular complexity index is 355. The number of nitrogens with zero attached hydrogens (tertiary/aromatic N) is 1. The zero-order valence-corrected chi connectivity index (χ0v) is 10.3. The molecular formula is C13H20N2O. The number of methoxy groups -OCH3 is 1. The van der Waals surface area contributed by atoms with Crippen molar-refractivity contribution in [1.29, 1.82) is 0 Å². The lowest BCUT2D eigenvalue weighted by molar-refractivity contribution is -0.0985. The van der Waals surface area contributed by atoms with E-state index in [0.29, 0.717) is 0 Å². The molecule has 1 atom stereocenters.